The van der Waals surface area contributed by atoms with Gasteiger partial charge in [0.2, 0.25) is 11.9 Å². The van der Waals surface area contributed by atoms with Crippen LogP contribution in [0, 0.1) is 0 Å². The fourth-order valence-electron chi connectivity index (χ4n) is 2.04. The highest BCUT2D eigenvalue weighted by molar-refractivity contribution is 5.81. The molecule has 0 aliphatic carbocycles. The van der Waals surface area contributed by atoms with Crippen LogP contribution in [0.1, 0.15) is 0 Å². The normalized spacial score (nSPS) is 15.0. The van der Waals surface area contributed by atoms with Gasteiger partial charge in [0.25, 0.3) is 0 Å². The largest absolute Gasteiger partial charge is 0.384 e. The van der Waals surface area contributed by atoms with Gasteiger partial charge in [-0.1, -0.05) is 6.07 Å². The highest BCUT2D eigenvalue weighted by atomic mass is 16.2. The van der Waals surface area contributed by atoms with Crippen molar-refractivity contribution in [3.8, 4) is 11.3 Å². The maximum atomic E-state index is 11.3. The molecule has 0 bridgehead atoms. The molecule has 1 amide bonds. The fourth-order valence-corrected chi connectivity index (χ4v) is 2.04. The van der Waals surface area contributed by atoms with Crippen LogP contribution >= 0.6 is 0 Å². The Kier molecular flexibility index (Phi) is 3.16. The van der Waals surface area contributed by atoms with E-state index in [4.69, 9.17) is 5.73 Å². The fraction of sp³-hybridized carbons (Fsp3) is 0.231. The van der Waals surface area contributed by atoms with E-state index in [0.717, 1.165) is 11.3 Å². The van der Waals surface area contributed by atoms with Crippen LogP contribution in [0.4, 0.5) is 11.8 Å². The van der Waals surface area contributed by atoms with Crippen molar-refractivity contribution in [2.45, 2.75) is 0 Å². The summed E-state index contributed by atoms with van der Waals surface area (Å²) in [6.07, 6.45) is 3.38. The van der Waals surface area contributed by atoms with Gasteiger partial charge in [0, 0.05) is 31.0 Å². The lowest BCUT2D eigenvalue weighted by atomic mass is 10.2. The third-order valence-corrected chi connectivity index (χ3v) is 3.03. The molecule has 3 heterocycles. The minimum absolute atomic E-state index is 0.0126. The van der Waals surface area contributed by atoms with E-state index in [2.05, 4.69) is 20.3 Å². The molecular formula is C13H14N6O. The average molecular weight is 270 g/mol. The summed E-state index contributed by atoms with van der Waals surface area (Å²) in [6.45, 7) is 1.61. The van der Waals surface area contributed by atoms with Crippen molar-refractivity contribution in [1.82, 2.24) is 20.3 Å². The summed E-state index contributed by atoms with van der Waals surface area (Å²) in [5, 5.41) is 2.77. The molecule has 1 fully saturated rings. The van der Waals surface area contributed by atoms with Crippen molar-refractivity contribution in [3.63, 3.8) is 0 Å². The van der Waals surface area contributed by atoms with Crippen molar-refractivity contribution in [2.75, 3.05) is 30.3 Å². The molecule has 7 nitrogen and oxygen atoms in total. The minimum Gasteiger partial charge on any atom is -0.384 e. The maximum Gasteiger partial charge on any atom is 0.239 e. The Labute approximate surface area is 115 Å². The lowest BCUT2D eigenvalue weighted by molar-refractivity contribution is -0.120. The van der Waals surface area contributed by atoms with Gasteiger partial charge in [-0.15, -0.1) is 0 Å². The molecule has 20 heavy (non-hydrogen) atoms. The highest BCUT2D eigenvalue weighted by Gasteiger charge is 2.18. The minimum atomic E-state index is -0.0126. The average Bonchev–Trinajstić information content (AvgIpc) is 2.47. The summed E-state index contributed by atoms with van der Waals surface area (Å²) in [6, 6.07) is 5.41. The number of piperazine rings is 1. The van der Waals surface area contributed by atoms with Gasteiger partial charge in [-0.05, 0) is 12.1 Å². The molecule has 3 rings (SSSR count). The van der Waals surface area contributed by atoms with Gasteiger partial charge in [-0.3, -0.25) is 4.79 Å². The zero-order valence-corrected chi connectivity index (χ0v) is 10.8. The first-order valence-electron chi connectivity index (χ1n) is 6.29. The Hall–Kier alpha value is -2.70. The lowest BCUT2D eigenvalue weighted by Gasteiger charge is -2.26. The van der Waals surface area contributed by atoms with Gasteiger partial charge in [0.15, 0.2) is 0 Å². The number of nitrogen functional groups attached to an aromatic ring is 1. The molecule has 1 saturated heterocycles. The molecule has 0 saturated carbocycles. The first kappa shape index (κ1) is 12.3. The van der Waals surface area contributed by atoms with E-state index in [-0.39, 0.29) is 12.5 Å². The van der Waals surface area contributed by atoms with Gasteiger partial charge in [0.05, 0.1) is 12.2 Å². The summed E-state index contributed by atoms with van der Waals surface area (Å²) >= 11 is 0. The van der Waals surface area contributed by atoms with Crippen LogP contribution in [0.25, 0.3) is 11.3 Å². The zero-order chi connectivity index (χ0) is 13.9. The first-order chi connectivity index (χ1) is 9.72. The third-order valence-electron chi connectivity index (χ3n) is 3.03. The Morgan fingerprint density at radius 3 is 2.75 bits per heavy atom. The molecule has 3 N–H and O–H groups in total. The van der Waals surface area contributed by atoms with Crippen molar-refractivity contribution in [3.05, 3.63) is 30.6 Å². The second kappa shape index (κ2) is 5.12. The molecule has 0 radical (unpaired) electrons. The van der Waals surface area contributed by atoms with E-state index in [1.165, 1.54) is 0 Å². The topological polar surface area (TPSA) is 97.0 Å². The smallest absolute Gasteiger partial charge is 0.239 e. The predicted octanol–water partition coefficient (Wildman–Crippen LogP) is 0.0570. The van der Waals surface area contributed by atoms with Crippen LogP contribution < -0.4 is 16.0 Å². The van der Waals surface area contributed by atoms with Crippen LogP contribution in [0.2, 0.25) is 0 Å². The molecule has 2 aromatic heterocycles. The highest BCUT2D eigenvalue weighted by Crippen LogP contribution is 2.18. The van der Waals surface area contributed by atoms with E-state index >= 15 is 0 Å². The molecular weight excluding hydrogens is 256 g/mol. The van der Waals surface area contributed by atoms with Crippen molar-refractivity contribution in [2.24, 2.45) is 0 Å². The first-order valence-corrected chi connectivity index (χ1v) is 6.29. The van der Waals surface area contributed by atoms with E-state index in [1.54, 1.807) is 18.5 Å². The Bertz CT molecular complexity index is 627. The number of carbonyl (C=O) groups excluding carboxylic acids is 1. The van der Waals surface area contributed by atoms with Crippen LogP contribution in [0.15, 0.2) is 30.6 Å². The molecule has 0 aromatic carbocycles. The number of rotatable bonds is 2. The van der Waals surface area contributed by atoms with E-state index in [0.29, 0.717) is 24.9 Å². The number of anilines is 2. The van der Waals surface area contributed by atoms with E-state index in [9.17, 15) is 4.79 Å². The monoisotopic (exact) mass is 270 g/mol. The zero-order valence-electron chi connectivity index (χ0n) is 10.8. The van der Waals surface area contributed by atoms with Gasteiger partial charge in [-0.2, -0.15) is 0 Å². The number of amides is 1. The summed E-state index contributed by atoms with van der Waals surface area (Å²) in [5.74, 6) is 0.994. The quantitative estimate of drug-likeness (QED) is 0.800. The van der Waals surface area contributed by atoms with Crippen LogP contribution in [0.5, 0.6) is 0 Å². The number of nitrogens with zero attached hydrogens (tertiary/aromatic N) is 4. The van der Waals surface area contributed by atoms with Gasteiger partial charge >= 0.3 is 0 Å². The van der Waals surface area contributed by atoms with Crippen LogP contribution in [-0.2, 0) is 4.79 Å². The number of carbonyl (C=O) groups is 1. The predicted molar refractivity (Wildman–Crippen MR) is 74.9 cm³/mol. The standard InChI is InChI=1S/C13H14N6O/c14-11-3-1-2-10(18-11)9-6-16-13(17-7-9)19-5-4-15-12(20)8-19/h1-3,6-7H,4-5,8H2,(H2,14,18)(H,15,20). The maximum absolute atomic E-state index is 11.3. The SMILES string of the molecule is Nc1cccc(-c2cnc(N3CCNC(=O)C3)nc2)n1. The molecule has 102 valence electrons. The number of nitrogens with one attached hydrogen (secondary N) is 1. The van der Waals surface area contributed by atoms with Crippen LogP contribution in [0.3, 0.4) is 0 Å². The van der Waals surface area contributed by atoms with Crippen LogP contribution in [-0.4, -0.2) is 40.5 Å². The summed E-state index contributed by atoms with van der Waals surface area (Å²) in [5.41, 5.74) is 7.18. The summed E-state index contributed by atoms with van der Waals surface area (Å²) in [4.78, 5) is 26.0. The lowest BCUT2D eigenvalue weighted by Crippen LogP contribution is -2.48. The number of hydrogen-bond acceptors (Lipinski definition) is 6. The molecule has 0 unspecified atom stereocenters. The number of aromatic nitrogens is 3. The molecule has 7 heteroatoms. The summed E-state index contributed by atoms with van der Waals surface area (Å²) < 4.78 is 0. The summed E-state index contributed by atoms with van der Waals surface area (Å²) in [7, 11) is 0. The molecule has 2 aromatic rings. The van der Waals surface area contributed by atoms with Gasteiger partial charge in [-0.25, -0.2) is 15.0 Å². The third kappa shape index (κ3) is 2.51. The second-order valence-electron chi connectivity index (χ2n) is 4.49. The molecule has 1 aliphatic rings. The number of hydrogen-bond donors (Lipinski definition) is 2. The number of nitrogens with two attached hydrogens (primary N) is 1. The molecule has 0 atom stereocenters. The number of pyridine rings is 1. The molecule has 0 spiro atoms. The van der Waals surface area contributed by atoms with Crippen molar-refractivity contribution < 1.29 is 4.79 Å². The Morgan fingerprint density at radius 1 is 1.25 bits per heavy atom. The molecule has 1 aliphatic heterocycles. The van der Waals surface area contributed by atoms with Gasteiger partial charge < -0.3 is 16.0 Å². The second-order valence-corrected chi connectivity index (χ2v) is 4.49. The van der Waals surface area contributed by atoms with Gasteiger partial charge in [0.1, 0.15) is 5.82 Å². The van der Waals surface area contributed by atoms with Crippen molar-refractivity contribution in [1.29, 1.82) is 0 Å². The Balaban J connectivity index is 1.82. The van der Waals surface area contributed by atoms with Crippen molar-refractivity contribution >= 4 is 17.7 Å². The van der Waals surface area contributed by atoms with E-state index in [1.807, 2.05) is 17.0 Å². The Morgan fingerprint density at radius 2 is 2.05 bits per heavy atom. The van der Waals surface area contributed by atoms with E-state index < -0.39 is 0 Å².